The molecule has 11 heteroatoms. The van der Waals surface area contributed by atoms with Gasteiger partial charge in [-0.3, -0.25) is 13.9 Å². The summed E-state index contributed by atoms with van der Waals surface area (Å²) in [5.74, 6) is -0.567. The average molecular weight is 625 g/mol. The Morgan fingerprint density at radius 1 is 0.900 bits per heavy atom. The van der Waals surface area contributed by atoms with Gasteiger partial charge in [-0.25, -0.2) is 8.42 Å². The summed E-state index contributed by atoms with van der Waals surface area (Å²) in [7, 11) is -3.72. The molecule has 3 aromatic carbocycles. The summed E-state index contributed by atoms with van der Waals surface area (Å²) in [5, 5.41) is 3.93. The molecule has 0 bridgehead atoms. The van der Waals surface area contributed by atoms with Gasteiger partial charge in [0.2, 0.25) is 21.8 Å². The predicted octanol–water partition coefficient (Wildman–Crippen LogP) is 5.97. The second kappa shape index (κ2) is 14.7. The lowest BCUT2D eigenvalue weighted by Gasteiger charge is -2.32. The van der Waals surface area contributed by atoms with Gasteiger partial charge >= 0.3 is 0 Å². The molecule has 0 saturated carbocycles. The van der Waals surface area contributed by atoms with E-state index in [1.807, 2.05) is 43.3 Å². The van der Waals surface area contributed by atoms with Crippen LogP contribution in [0.15, 0.2) is 72.8 Å². The zero-order valence-corrected chi connectivity index (χ0v) is 25.4. The molecule has 0 aliphatic carbocycles. The van der Waals surface area contributed by atoms with Crippen LogP contribution in [0.2, 0.25) is 15.1 Å². The largest absolute Gasteiger partial charge is 0.355 e. The van der Waals surface area contributed by atoms with E-state index in [2.05, 4.69) is 5.32 Å². The fraction of sp³-hybridized carbons (Fsp3) is 0.310. The van der Waals surface area contributed by atoms with Crippen molar-refractivity contribution < 1.29 is 18.0 Å². The Morgan fingerprint density at radius 2 is 1.57 bits per heavy atom. The van der Waals surface area contributed by atoms with Crippen molar-refractivity contribution >= 4 is 62.3 Å². The number of nitrogens with one attached hydrogen (secondary N) is 1. The lowest BCUT2D eigenvalue weighted by Crippen LogP contribution is -2.50. The molecule has 0 heterocycles. The van der Waals surface area contributed by atoms with Crippen molar-refractivity contribution in [2.24, 2.45) is 0 Å². The number of amides is 2. The molecule has 0 spiro atoms. The van der Waals surface area contributed by atoms with Crippen molar-refractivity contribution in [2.45, 2.75) is 38.8 Å². The van der Waals surface area contributed by atoms with E-state index in [1.54, 1.807) is 29.2 Å². The molecule has 1 unspecified atom stereocenters. The van der Waals surface area contributed by atoms with Gasteiger partial charge in [0.1, 0.15) is 6.04 Å². The molecule has 7 nitrogen and oxygen atoms in total. The number of anilines is 1. The number of halogens is 3. The highest BCUT2D eigenvalue weighted by Crippen LogP contribution is 2.31. The van der Waals surface area contributed by atoms with Crippen LogP contribution in [0, 0.1) is 0 Å². The number of carbonyl (C=O) groups is 2. The number of carbonyl (C=O) groups excluding carboxylic acids is 2. The maximum absolute atomic E-state index is 13.8. The number of hydrogen-bond acceptors (Lipinski definition) is 4. The number of hydrogen-bond donors (Lipinski definition) is 1. The lowest BCUT2D eigenvalue weighted by atomic mass is 10.0. The second-order valence-corrected chi connectivity index (χ2v) is 12.5. The third-order valence-electron chi connectivity index (χ3n) is 6.19. The molecule has 1 atom stereocenters. The summed E-state index contributed by atoms with van der Waals surface area (Å²) in [5.41, 5.74) is 1.91. The Morgan fingerprint density at radius 3 is 2.23 bits per heavy atom. The SMILES string of the molecule is CCNC(=O)C(Cc1ccccc1)N(Cc1cccc(Cl)c1)C(=O)CCCN(c1cc(Cl)ccc1Cl)S(C)(=O)=O. The Balaban J connectivity index is 1.88. The molecule has 0 saturated heterocycles. The maximum Gasteiger partial charge on any atom is 0.243 e. The molecule has 0 fully saturated rings. The lowest BCUT2D eigenvalue weighted by molar-refractivity contribution is -0.141. The number of likely N-dealkylation sites (N-methyl/N-ethyl adjacent to an activating group) is 1. The Labute approximate surface area is 251 Å². The molecular formula is C29H32Cl3N3O4S. The van der Waals surface area contributed by atoms with Crippen LogP contribution in [-0.2, 0) is 32.6 Å². The van der Waals surface area contributed by atoms with E-state index in [0.29, 0.717) is 23.0 Å². The van der Waals surface area contributed by atoms with Crippen LogP contribution in [-0.4, -0.2) is 50.5 Å². The number of rotatable bonds is 13. The van der Waals surface area contributed by atoms with Crippen molar-refractivity contribution in [1.82, 2.24) is 10.2 Å². The van der Waals surface area contributed by atoms with Gasteiger partial charge in [0.15, 0.2) is 0 Å². The van der Waals surface area contributed by atoms with Crippen molar-refractivity contribution in [1.29, 1.82) is 0 Å². The molecule has 2 amide bonds. The standard InChI is InChI=1S/C29H32Cl3N3O4S/c1-3-33-29(37)27(18-21-9-5-4-6-10-21)34(20-22-11-7-12-23(30)17-22)28(36)13-8-16-35(40(2,38)39)26-19-24(31)14-15-25(26)32/h4-7,9-12,14-15,17,19,27H,3,8,13,16,18,20H2,1-2H3,(H,33,37). The fourth-order valence-corrected chi connectivity index (χ4v) is 5.96. The quantitative estimate of drug-likeness (QED) is 0.254. The number of sulfonamides is 1. The summed E-state index contributed by atoms with van der Waals surface area (Å²) < 4.78 is 26.4. The van der Waals surface area contributed by atoms with Gasteiger partial charge in [-0.2, -0.15) is 0 Å². The van der Waals surface area contributed by atoms with Gasteiger partial charge in [-0.1, -0.05) is 77.3 Å². The highest BCUT2D eigenvalue weighted by Gasteiger charge is 2.30. The maximum atomic E-state index is 13.8. The van der Waals surface area contributed by atoms with Gasteiger partial charge in [-0.15, -0.1) is 0 Å². The molecule has 1 N–H and O–H groups in total. The summed E-state index contributed by atoms with van der Waals surface area (Å²) in [6.07, 6.45) is 1.57. The third kappa shape index (κ3) is 9.13. The van der Waals surface area contributed by atoms with Crippen LogP contribution in [0.1, 0.15) is 30.9 Å². The summed E-state index contributed by atoms with van der Waals surface area (Å²) in [6, 6.07) is 20.4. The van der Waals surface area contributed by atoms with Crippen molar-refractivity contribution in [3.63, 3.8) is 0 Å². The minimum Gasteiger partial charge on any atom is -0.355 e. The summed E-state index contributed by atoms with van der Waals surface area (Å²) >= 11 is 18.6. The fourth-order valence-electron chi connectivity index (χ4n) is 4.34. The number of benzene rings is 3. The van der Waals surface area contributed by atoms with Crippen molar-refractivity contribution in [3.05, 3.63) is 99.0 Å². The molecule has 214 valence electrons. The molecular weight excluding hydrogens is 593 g/mol. The van der Waals surface area contributed by atoms with E-state index in [1.165, 1.54) is 12.1 Å². The molecule has 0 aliphatic rings. The van der Waals surface area contributed by atoms with Gasteiger partial charge in [0, 0.05) is 42.5 Å². The van der Waals surface area contributed by atoms with Crippen molar-refractivity contribution in [2.75, 3.05) is 23.7 Å². The van der Waals surface area contributed by atoms with Crippen LogP contribution >= 0.6 is 34.8 Å². The molecule has 40 heavy (non-hydrogen) atoms. The molecule has 3 rings (SSSR count). The second-order valence-electron chi connectivity index (χ2n) is 9.29. The Kier molecular flexibility index (Phi) is 11.7. The van der Waals surface area contributed by atoms with E-state index in [0.717, 1.165) is 21.7 Å². The van der Waals surface area contributed by atoms with Crippen LogP contribution < -0.4 is 9.62 Å². The van der Waals surface area contributed by atoms with E-state index < -0.39 is 16.1 Å². The van der Waals surface area contributed by atoms with E-state index in [-0.39, 0.29) is 48.5 Å². The monoisotopic (exact) mass is 623 g/mol. The zero-order chi connectivity index (χ0) is 29.3. The summed E-state index contributed by atoms with van der Waals surface area (Å²) in [4.78, 5) is 28.6. The predicted molar refractivity (Wildman–Crippen MR) is 163 cm³/mol. The highest BCUT2D eigenvalue weighted by molar-refractivity contribution is 7.92. The number of nitrogens with zero attached hydrogens (tertiary/aromatic N) is 2. The van der Waals surface area contributed by atoms with E-state index >= 15 is 0 Å². The highest BCUT2D eigenvalue weighted by atomic mass is 35.5. The van der Waals surface area contributed by atoms with Crippen molar-refractivity contribution in [3.8, 4) is 0 Å². The van der Waals surface area contributed by atoms with Crippen LogP contribution in [0.4, 0.5) is 5.69 Å². The van der Waals surface area contributed by atoms with E-state index in [9.17, 15) is 18.0 Å². The van der Waals surface area contributed by atoms with Gasteiger partial charge in [-0.05, 0) is 54.8 Å². The topological polar surface area (TPSA) is 86.8 Å². The molecule has 0 radical (unpaired) electrons. The normalized spacial score (nSPS) is 12.0. The third-order valence-corrected chi connectivity index (χ3v) is 8.16. The molecule has 0 aromatic heterocycles. The smallest absolute Gasteiger partial charge is 0.243 e. The minimum absolute atomic E-state index is 0.000148. The first-order valence-corrected chi connectivity index (χ1v) is 15.8. The zero-order valence-electron chi connectivity index (χ0n) is 22.3. The first kappa shape index (κ1) is 31.7. The van der Waals surface area contributed by atoms with E-state index in [4.69, 9.17) is 34.8 Å². The average Bonchev–Trinajstić information content (AvgIpc) is 2.90. The molecule has 0 aliphatic heterocycles. The van der Waals surface area contributed by atoms with Gasteiger partial charge in [0.05, 0.1) is 17.0 Å². The Bertz CT molecular complexity index is 1420. The first-order valence-electron chi connectivity index (χ1n) is 12.8. The van der Waals surface area contributed by atoms with Gasteiger partial charge in [0.25, 0.3) is 0 Å². The Hall–Kier alpha value is -2.78. The van der Waals surface area contributed by atoms with Crippen LogP contribution in [0.5, 0.6) is 0 Å². The minimum atomic E-state index is -3.72. The summed E-state index contributed by atoms with van der Waals surface area (Å²) in [6.45, 7) is 2.39. The van der Waals surface area contributed by atoms with Crippen LogP contribution in [0.3, 0.4) is 0 Å². The first-order chi connectivity index (χ1) is 19.0. The molecule has 3 aromatic rings. The van der Waals surface area contributed by atoms with Gasteiger partial charge < -0.3 is 10.2 Å². The van der Waals surface area contributed by atoms with Crippen LogP contribution in [0.25, 0.3) is 0 Å².